The largest absolute Gasteiger partial charge is 0.330 e. The van der Waals surface area contributed by atoms with E-state index in [-0.39, 0.29) is 0 Å². The van der Waals surface area contributed by atoms with E-state index in [2.05, 4.69) is 37.4 Å². The smallest absolute Gasteiger partial charge is 0.0205 e. The fourth-order valence-electron chi connectivity index (χ4n) is 1.54. The van der Waals surface area contributed by atoms with Crippen LogP contribution in [0.1, 0.15) is 29.5 Å². The van der Waals surface area contributed by atoms with Crippen molar-refractivity contribution in [3.05, 3.63) is 34.9 Å². The van der Waals surface area contributed by atoms with E-state index in [0.29, 0.717) is 0 Å². The molecule has 15 heavy (non-hydrogen) atoms. The molecule has 0 aliphatic rings. The zero-order chi connectivity index (χ0) is 11.1. The Morgan fingerprint density at radius 1 is 1.13 bits per heavy atom. The summed E-state index contributed by atoms with van der Waals surface area (Å²) >= 11 is 0. The highest BCUT2D eigenvalue weighted by Gasteiger charge is 1.95. The van der Waals surface area contributed by atoms with Crippen molar-refractivity contribution in [1.82, 2.24) is 5.32 Å². The Kier molecular flexibility index (Phi) is 5.37. The average molecular weight is 206 g/mol. The van der Waals surface area contributed by atoms with Gasteiger partial charge in [-0.1, -0.05) is 18.2 Å². The number of hydrogen-bond acceptors (Lipinski definition) is 2. The standard InChI is InChI=1S/C13H22N2/c1-11-5-6-13(9-12(11)2)10-15-8-4-3-7-14/h5-6,9,15H,3-4,7-8,10,14H2,1-2H3. The highest BCUT2D eigenvalue weighted by molar-refractivity contribution is 5.29. The molecule has 0 saturated heterocycles. The van der Waals surface area contributed by atoms with Crippen LogP contribution >= 0.6 is 0 Å². The van der Waals surface area contributed by atoms with Gasteiger partial charge in [-0.25, -0.2) is 0 Å². The average Bonchev–Trinajstić information content (AvgIpc) is 2.23. The van der Waals surface area contributed by atoms with E-state index in [9.17, 15) is 0 Å². The minimum atomic E-state index is 0.797. The topological polar surface area (TPSA) is 38.0 Å². The SMILES string of the molecule is Cc1ccc(CNCCCCN)cc1C. The second-order valence-corrected chi connectivity index (χ2v) is 4.09. The summed E-state index contributed by atoms with van der Waals surface area (Å²) in [6, 6.07) is 6.63. The van der Waals surface area contributed by atoms with Gasteiger partial charge in [0, 0.05) is 6.54 Å². The molecule has 2 heteroatoms. The third-order valence-electron chi connectivity index (χ3n) is 2.71. The van der Waals surface area contributed by atoms with Gasteiger partial charge >= 0.3 is 0 Å². The lowest BCUT2D eigenvalue weighted by atomic mass is 10.1. The molecule has 1 rings (SSSR count). The summed E-state index contributed by atoms with van der Waals surface area (Å²) in [4.78, 5) is 0. The second kappa shape index (κ2) is 6.59. The summed E-state index contributed by atoms with van der Waals surface area (Å²) in [5.41, 5.74) is 9.53. The fraction of sp³-hybridized carbons (Fsp3) is 0.538. The number of aryl methyl sites for hydroxylation is 2. The number of nitrogens with one attached hydrogen (secondary N) is 1. The highest BCUT2D eigenvalue weighted by atomic mass is 14.8. The summed E-state index contributed by atoms with van der Waals surface area (Å²) in [6.07, 6.45) is 2.28. The molecule has 0 bridgehead atoms. The van der Waals surface area contributed by atoms with Crippen LogP contribution in [0.25, 0.3) is 0 Å². The summed E-state index contributed by atoms with van der Waals surface area (Å²) in [5.74, 6) is 0. The maximum absolute atomic E-state index is 5.43. The van der Waals surface area contributed by atoms with Crippen LogP contribution in [0, 0.1) is 13.8 Å². The number of nitrogens with two attached hydrogens (primary N) is 1. The quantitative estimate of drug-likeness (QED) is 0.700. The van der Waals surface area contributed by atoms with Crippen LogP contribution in [0.3, 0.4) is 0 Å². The van der Waals surface area contributed by atoms with E-state index in [1.54, 1.807) is 0 Å². The number of benzene rings is 1. The van der Waals surface area contributed by atoms with Crippen molar-refractivity contribution in [3.63, 3.8) is 0 Å². The predicted octanol–water partition coefficient (Wildman–Crippen LogP) is 2.13. The molecule has 0 aliphatic carbocycles. The van der Waals surface area contributed by atoms with Gasteiger partial charge in [0.15, 0.2) is 0 Å². The first-order chi connectivity index (χ1) is 7.24. The number of hydrogen-bond donors (Lipinski definition) is 2. The van der Waals surface area contributed by atoms with Crippen LogP contribution in [-0.4, -0.2) is 13.1 Å². The lowest BCUT2D eigenvalue weighted by Crippen LogP contribution is -2.15. The van der Waals surface area contributed by atoms with Crippen LogP contribution in [-0.2, 0) is 6.54 Å². The van der Waals surface area contributed by atoms with E-state index in [0.717, 1.165) is 26.1 Å². The van der Waals surface area contributed by atoms with Crippen molar-refractivity contribution >= 4 is 0 Å². The summed E-state index contributed by atoms with van der Waals surface area (Å²) < 4.78 is 0. The Morgan fingerprint density at radius 3 is 2.60 bits per heavy atom. The molecule has 0 unspecified atom stereocenters. The Balaban J connectivity index is 2.28. The van der Waals surface area contributed by atoms with Gasteiger partial charge in [-0.3, -0.25) is 0 Å². The van der Waals surface area contributed by atoms with E-state index >= 15 is 0 Å². The van der Waals surface area contributed by atoms with Crippen LogP contribution in [0.4, 0.5) is 0 Å². The molecule has 1 aromatic carbocycles. The third kappa shape index (κ3) is 4.45. The molecule has 0 spiro atoms. The van der Waals surface area contributed by atoms with Crippen molar-refractivity contribution in [1.29, 1.82) is 0 Å². The molecule has 0 heterocycles. The highest BCUT2D eigenvalue weighted by Crippen LogP contribution is 2.09. The molecule has 0 aromatic heterocycles. The Bertz CT molecular complexity index is 295. The molecule has 1 aromatic rings. The molecule has 3 N–H and O–H groups in total. The van der Waals surface area contributed by atoms with E-state index in [4.69, 9.17) is 5.73 Å². The minimum absolute atomic E-state index is 0.797. The Labute approximate surface area is 92.9 Å². The zero-order valence-electron chi connectivity index (χ0n) is 9.84. The maximum Gasteiger partial charge on any atom is 0.0205 e. The van der Waals surface area contributed by atoms with Crippen molar-refractivity contribution in [3.8, 4) is 0 Å². The molecule has 0 radical (unpaired) electrons. The van der Waals surface area contributed by atoms with Gasteiger partial charge in [0.2, 0.25) is 0 Å². The van der Waals surface area contributed by atoms with Crippen LogP contribution in [0.5, 0.6) is 0 Å². The number of rotatable bonds is 6. The minimum Gasteiger partial charge on any atom is -0.330 e. The fourth-order valence-corrected chi connectivity index (χ4v) is 1.54. The lowest BCUT2D eigenvalue weighted by Gasteiger charge is -2.06. The van der Waals surface area contributed by atoms with E-state index in [1.165, 1.54) is 23.1 Å². The molecule has 0 fully saturated rings. The zero-order valence-corrected chi connectivity index (χ0v) is 9.84. The van der Waals surface area contributed by atoms with E-state index < -0.39 is 0 Å². The van der Waals surface area contributed by atoms with Crippen molar-refractivity contribution in [2.45, 2.75) is 33.2 Å². The molecule has 0 amide bonds. The monoisotopic (exact) mass is 206 g/mol. The van der Waals surface area contributed by atoms with Crippen LogP contribution in [0.15, 0.2) is 18.2 Å². The Morgan fingerprint density at radius 2 is 1.93 bits per heavy atom. The molecule has 0 atom stereocenters. The first-order valence-electron chi connectivity index (χ1n) is 5.71. The van der Waals surface area contributed by atoms with Gasteiger partial charge in [-0.15, -0.1) is 0 Å². The normalized spacial score (nSPS) is 10.6. The van der Waals surface area contributed by atoms with Crippen molar-refractivity contribution < 1.29 is 0 Å². The summed E-state index contributed by atoms with van der Waals surface area (Å²) in [7, 11) is 0. The molecule has 84 valence electrons. The lowest BCUT2D eigenvalue weighted by molar-refractivity contribution is 0.627. The summed E-state index contributed by atoms with van der Waals surface area (Å²) in [6.45, 7) is 7.13. The van der Waals surface area contributed by atoms with Gasteiger partial charge in [-0.05, 0) is 56.5 Å². The molecule has 2 nitrogen and oxygen atoms in total. The van der Waals surface area contributed by atoms with Gasteiger partial charge in [0.05, 0.1) is 0 Å². The van der Waals surface area contributed by atoms with Crippen molar-refractivity contribution in [2.75, 3.05) is 13.1 Å². The van der Waals surface area contributed by atoms with Gasteiger partial charge < -0.3 is 11.1 Å². The first kappa shape index (κ1) is 12.2. The Hall–Kier alpha value is -0.860. The molecular formula is C13H22N2. The summed E-state index contributed by atoms with van der Waals surface area (Å²) in [5, 5.41) is 3.43. The van der Waals surface area contributed by atoms with E-state index in [1.807, 2.05) is 0 Å². The molecular weight excluding hydrogens is 184 g/mol. The van der Waals surface area contributed by atoms with Crippen molar-refractivity contribution in [2.24, 2.45) is 5.73 Å². The third-order valence-corrected chi connectivity index (χ3v) is 2.71. The number of unbranched alkanes of at least 4 members (excludes halogenated alkanes) is 1. The van der Waals surface area contributed by atoms with Gasteiger partial charge in [-0.2, -0.15) is 0 Å². The molecule has 0 saturated carbocycles. The first-order valence-corrected chi connectivity index (χ1v) is 5.71. The molecule has 0 aliphatic heterocycles. The van der Waals surface area contributed by atoms with Crippen LogP contribution in [0.2, 0.25) is 0 Å². The second-order valence-electron chi connectivity index (χ2n) is 4.09. The predicted molar refractivity (Wildman–Crippen MR) is 65.9 cm³/mol. The van der Waals surface area contributed by atoms with Gasteiger partial charge in [0.1, 0.15) is 0 Å². The van der Waals surface area contributed by atoms with Gasteiger partial charge in [0.25, 0.3) is 0 Å². The van der Waals surface area contributed by atoms with Crippen LogP contribution < -0.4 is 11.1 Å². The maximum atomic E-state index is 5.43.